The van der Waals surface area contributed by atoms with Gasteiger partial charge in [0.25, 0.3) is 0 Å². The maximum absolute atomic E-state index is 14.1. The largest absolute Gasteiger partial charge is 0.324 e. The van der Waals surface area contributed by atoms with Crippen LogP contribution in [0.3, 0.4) is 0 Å². The zero-order chi connectivity index (χ0) is 14.2. The molecule has 0 saturated heterocycles. The Morgan fingerprint density at radius 1 is 1.16 bits per heavy atom. The highest BCUT2D eigenvalue weighted by Gasteiger charge is 2.32. The lowest BCUT2D eigenvalue weighted by molar-refractivity contribution is 0.183. The van der Waals surface area contributed by atoms with E-state index in [1.54, 1.807) is 6.92 Å². The van der Waals surface area contributed by atoms with Crippen LogP contribution in [0.5, 0.6) is 0 Å². The van der Waals surface area contributed by atoms with Crippen LogP contribution in [0.15, 0.2) is 12.1 Å². The normalized spacial score (nSPS) is 29.3. The van der Waals surface area contributed by atoms with Gasteiger partial charge in [0.15, 0.2) is 0 Å². The van der Waals surface area contributed by atoms with E-state index in [0.29, 0.717) is 17.4 Å². The lowest BCUT2D eigenvalue weighted by Crippen LogP contribution is -2.30. The average molecular weight is 267 g/mol. The minimum Gasteiger partial charge on any atom is -0.324 e. The molecule has 3 heteroatoms. The summed E-state index contributed by atoms with van der Waals surface area (Å²) in [6.45, 7) is 6.09. The van der Waals surface area contributed by atoms with Gasteiger partial charge < -0.3 is 5.73 Å². The van der Waals surface area contributed by atoms with E-state index in [1.165, 1.54) is 12.1 Å². The topological polar surface area (TPSA) is 26.0 Å². The quantitative estimate of drug-likeness (QED) is 0.847. The molecule has 0 amide bonds. The molecule has 0 spiro atoms. The third-order valence-corrected chi connectivity index (χ3v) is 4.80. The van der Waals surface area contributed by atoms with Crippen molar-refractivity contribution in [3.05, 3.63) is 34.9 Å². The number of hydrogen-bond acceptors (Lipinski definition) is 1. The predicted molar refractivity (Wildman–Crippen MR) is 73.7 cm³/mol. The second-order valence-corrected chi connectivity index (χ2v) is 6.15. The first-order valence-electron chi connectivity index (χ1n) is 7.12. The van der Waals surface area contributed by atoms with Crippen LogP contribution in [-0.2, 0) is 0 Å². The van der Waals surface area contributed by atoms with Gasteiger partial charge in [-0.3, -0.25) is 0 Å². The summed E-state index contributed by atoms with van der Waals surface area (Å²) in [6, 6.07) is 2.25. The van der Waals surface area contributed by atoms with E-state index in [-0.39, 0.29) is 11.5 Å². The molecule has 19 heavy (non-hydrogen) atoms. The second kappa shape index (κ2) is 5.58. The first kappa shape index (κ1) is 14.4. The zero-order valence-electron chi connectivity index (χ0n) is 11.9. The van der Waals surface area contributed by atoms with Gasteiger partial charge in [-0.1, -0.05) is 26.3 Å². The summed E-state index contributed by atoms with van der Waals surface area (Å²) in [7, 11) is 0. The molecule has 4 atom stereocenters. The van der Waals surface area contributed by atoms with Gasteiger partial charge >= 0.3 is 0 Å². The smallest absolute Gasteiger partial charge is 0.133 e. The molecule has 106 valence electrons. The molecule has 1 nitrogen and oxygen atoms in total. The van der Waals surface area contributed by atoms with E-state index >= 15 is 0 Å². The predicted octanol–water partition coefficient (Wildman–Crippen LogP) is 4.35. The molecule has 0 bridgehead atoms. The molecular formula is C16H23F2N. The van der Waals surface area contributed by atoms with Gasteiger partial charge in [0, 0.05) is 11.6 Å². The van der Waals surface area contributed by atoms with Gasteiger partial charge in [-0.2, -0.15) is 0 Å². The second-order valence-electron chi connectivity index (χ2n) is 6.15. The van der Waals surface area contributed by atoms with E-state index in [1.807, 2.05) is 0 Å². The van der Waals surface area contributed by atoms with Crippen LogP contribution in [0.1, 0.15) is 50.3 Å². The third kappa shape index (κ3) is 2.81. The lowest BCUT2D eigenvalue weighted by atomic mass is 9.72. The molecule has 1 aromatic carbocycles. The highest BCUT2D eigenvalue weighted by Crippen LogP contribution is 2.40. The minimum atomic E-state index is -0.533. The van der Waals surface area contributed by atoms with Crippen molar-refractivity contribution in [2.24, 2.45) is 23.5 Å². The molecule has 0 radical (unpaired) electrons. The molecule has 1 aliphatic rings. The standard InChI is InChI=1S/C16H23F2N/c1-9-4-6-12(8-11(9)3)16(19)14-13(17)7-5-10(2)15(14)18/h5,7,9,11-12,16H,4,6,8,19H2,1-3H3. The molecule has 1 aromatic rings. The minimum absolute atomic E-state index is 0.0757. The van der Waals surface area contributed by atoms with E-state index < -0.39 is 17.7 Å². The highest BCUT2D eigenvalue weighted by atomic mass is 19.1. The summed E-state index contributed by atoms with van der Waals surface area (Å²) in [5.74, 6) is 0.439. The van der Waals surface area contributed by atoms with E-state index in [4.69, 9.17) is 5.73 Å². The van der Waals surface area contributed by atoms with Crippen LogP contribution >= 0.6 is 0 Å². The Hall–Kier alpha value is -0.960. The van der Waals surface area contributed by atoms with Gasteiger partial charge in [0.1, 0.15) is 11.6 Å². The number of benzene rings is 1. The first-order valence-corrected chi connectivity index (χ1v) is 7.12. The van der Waals surface area contributed by atoms with Crippen molar-refractivity contribution in [3.63, 3.8) is 0 Å². The summed E-state index contributed by atoms with van der Waals surface area (Å²) >= 11 is 0. The molecule has 2 N–H and O–H groups in total. The molecule has 1 saturated carbocycles. The van der Waals surface area contributed by atoms with Crippen LogP contribution in [0.4, 0.5) is 8.78 Å². The van der Waals surface area contributed by atoms with Crippen molar-refractivity contribution in [2.75, 3.05) is 0 Å². The monoisotopic (exact) mass is 267 g/mol. The van der Waals surface area contributed by atoms with Crippen molar-refractivity contribution >= 4 is 0 Å². The molecule has 1 aliphatic carbocycles. The Bertz CT molecular complexity index is 458. The maximum atomic E-state index is 14.1. The Morgan fingerprint density at radius 3 is 2.47 bits per heavy atom. The Balaban J connectivity index is 2.25. The van der Waals surface area contributed by atoms with Gasteiger partial charge in [-0.05, 0) is 49.1 Å². The lowest BCUT2D eigenvalue weighted by Gasteiger charge is -2.35. The number of halogens is 2. The van der Waals surface area contributed by atoms with Crippen LogP contribution < -0.4 is 5.73 Å². The molecular weight excluding hydrogens is 244 g/mol. The summed E-state index contributed by atoms with van der Waals surface area (Å²) in [4.78, 5) is 0. The van der Waals surface area contributed by atoms with E-state index in [9.17, 15) is 8.78 Å². The third-order valence-electron chi connectivity index (χ3n) is 4.80. The van der Waals surface area contributed by atoms with Crippen LogP contribution in [0, 0.1) is 36.3 Å². The molecule has 2 rings (SSSR count). The number of rotatable bonds is 2. The highest BCUT2D eigenvalue weighted by molar-refractivity contribution is 5.29. The van der Waals surface area contributed by atoms with Crippen LogP contribution in [0.2, 0.25) is 0 Å². The van der Waals surface area contributed by atoms with E-state index in [2.05, 4.69) is 13.8 Å². The van der Waals surface area contributed by atoms with Crippen molar-refractivity contribution in [1.82, 2.24) is 0 Å². The van der Waals surface area contributed by atoms with Crippen molar-refractivity contribution in [3.8, 4) is 0 Å². The number of nitrogens with two attached hydrogens (primary N) is 1. The molecule has 0 aliphatic heterocycles. The van der Waals surface area contributed by atoms with Crippen molar-refractivity contribution in [1.29, 1.82) is 0 Å². The average Bonchev–Trinajstić information content (AvgIpc) is 2.37. The van der Waals surface area contributed by atoms with Crippen LogP contribution in [-0.4, -0.2) is 0 Å². The van der Waals surface area contributed by atoms with Gasteiger partial charge in [-0.15, -0.1) is 0 Å². The molecule has 1 fully saturated rings. The summed E-state index contributed by atoms with van der Waals surface area (Å²) in [5.41, 5.74) is 6.71. The molecule has 0 aromatic heterocycles. The van der Waals surface area contributed by atoms with E-state index in [0.717, 1.165) is 19.3 Å². The first-order chi connectivity index (χ1) is 8.91. The maximum Gasteiger partial charge on any atom is 0.133 e. The van der Waals surface area contributed by atoms with Gasteiger partial charge in [0.2, 0.25) is 0 Å². The van der Waals surface area contributed by atoms with Crippen molar-refractivity contribution in [2.45, 2.75) is 46.1 Å². The Morgan fingerprint density at radius 2 is 1.84 bits per heavy atom. The molecule has 4 unspecified atom stereocenters. The molecule has 0 heterocycles. The zero-order valence-corrected chi connectivity index (χ0v) is 11.9. The summed E-state index contributed by atoms with van der Waals surface area (Å²) in [5, 5.41) is 0. The number of hydrogen-bond donors (Lipinski definition) is 1. The fourth-order valence-electron chi connectivity index (χ4n) is 3.13. The fraction of sp³-hybridized carbons (Fsp3) is 0.625. The van der Waals surface area contributed by atoms with Gasteiger partial charge in [0.05, 0.1) is 0 Å². The Kier molecular flexibility index (Phi) is 4.24. The summed E-state index contributed by atoms with van der Waals surface area (Å²) < 4.78 is 28.0. The summed E-state index contributed by atoms with van der Waals surface area (Å²) in [6.07, 6.45) is 3.00. The SMILES string of the molecule is Cc1ccc(F)c(C(N)C2CCC(C)C(C)C2)c1F. The number of aryl methyl sites for hydroxylation is 1. The Labute approximate surface area is 114 Å². The van der Waals surface area contributed by atoms with Gasteiger partial charge in [-0.25, -0.2) is 8.78 Å². The van der Waals surface area contributed by atoms with Crippen molar-refractivity contribution < 1.29 is 8.78 Å². The van der Waals surface area contributed by atoms with Crippen LogP contribution in [0.25, 0.3) is 0 Å². The fourth-order valence-corrected chi connectivity index (χ4v) is 3.13.